The van der Waals surface area contributed by atoms with Crippen LogP contribution >= 0.6 is 0 Å². The largest absolute Gasteiger partial charge is 0.348 e. The normalized spacial score (nSPS) is 9.89. The van der Waals surface area contributed by atoms with Crippen LogP contribution < -0.4 is 0 Å². The van der Waals surface area contributed by atoms with Gasteiger partial charge in [-0.2, -0.15) is 0 Å². The molecule has 4 heteroatoms. The number of fused-ring (bicyclic) bond motifs is 1. The lowest BCUT2D eigenvalue weighted by molar-refractivity contribution is 0.0823. The van der Waals surface area contributed by atoms with Gasteiger partial charge in [0.05, 0.1) is 5.52 Å². The van der Waals surface area contributed by atoms with Gasteiger partial charge in [0.25, 0.3) is 5.91 Å². The number of aromatic amines is 1. The summed E-state index contributed by atoms with van der Waals surface area (Å²) in [4.78, 5) is 16.0. The molecule has 0 radical (unpaired) electrons. The van der Waals surface area contributed by atoms with Gasteiger partial charge in [-0.1, -0.05) is 26.0 Å². The molecule has 0 spiro atoms. The number of nitrogens with zero attached hydrogens (tertiary/aromatic N) is 1. The fourth-order valence-electron chi connectivity index (χ4n) is 1.62. The van der Waals surface area contributed by atoms with E-state index >= 15 is 0 Å². The SMILES string of the molecule is CC.Cc1ccc2cc(C(=O)N(C)C)[nH]c2c1F. The van der Waals surface area contributed by atoms with E-state index in [0.29, 0.717) is 22.2 Å². The second-order valence-corrected chi connectivity index (χ2v) is 4.04. The molecule has 0 saturated carbocycles. The predicted molar refractivity (Wildman–Crippen MR) is 72.4 cm³/mol. The van der Waals surface area contributed by atoms with E-state index < -0.39 is 0 Å². The second-order valence-electron chi connectivity index (χ2n) is 4.04. The number of rotatable bonds is 1. The third-order valence-corrected chi connectivity index (χ3v) is 2.56. The Hall–Kier alpha value is -1.84. The Bertz CT molecular complexity index is 558. The first-order valence-electron chi connectivity index (χ1n) is 6.00. The van der Waals surface area contributed by atoms with Crippen LogP contribution in [0.15, 0.2) is 18.2 Å². The summed E-state index contributed by atoms with van der Waals surface area (Å²) in [6.07, 6.45) is 0. The maximum Gasteiger partial charge on any atom is 0.269 e. The van der Waals surface area contributed by atoms with Crippen LogP contribution in [0.3, 0.4) is 0 Å². The van der Waals surface area contributed by atoms with Crippen molar-refractivity contribution in [1.29, 1.82) is 0 Å². The monoisotopic (exact) mass is 250 g/mol. The summed E-state index contributed by atoms with van der Waals surface area (Å²) >= 11 is 0. The van der Waals surface area contributed by atoms with E-state index in [2.05, 4.69) is 4.98 Å². The number of halogens is 1. The molecule has 0 saturated heterocycles. The molecule has 1 N–H and O–H groups in total. The molecule has 0 aliphatic rings. The van der Waals surface area contributed by atoms with Gasteiger partial charge in [-0.05, 0) is 18.6 Å². The number of carbonyl (C=O) groups is 1. The van der Waals surface area contributed by atoms with Crippen molar-refractivity contribution in [1.82, 2.24) is 9.88 Å². The van der Waals surface area contributed by atoms with Crippen molar-refractivity contribution < 1.29 is 9.18 Å². The lowest BCUT2D eigenvalue weighted by atomic mass is 10.2. The number of aromatic nitrogens is 1. The number of carbonyl (C=O) groups excluding carboxylic acids is 1. The average Bonchev–Trinajstić information content (AvgIpc) is 2.80. The number of benzene rings is 1. The van der Waals surface area contributed by atoms with Crippen LogP contribution in [0.25, 0.3) is 10.9 Å². The highest BCUT2D eigenvalue weighted by molar-refractivity contribution is 5.98. The molecule has 1 amide bonds. The lowest BCUT2D eigenvalue weighted by Crippen LogP contribution is -2.21. The van der Waals surface area contributed by atoms with Gasteiger partial charge in [-0.25, -0.2) is 4.39 Å². The molecule has 18 heavy (non-hydrogen) atoms. The molecule has 1 aromatic carbocycles. The van der Waals surface area contributed by atoms with E-state index in [1.54, 1.807) is 39.2 Å². The van der Waals surface area contributed by atoms with Crippen LogP contribution in [0, 0.1) is 12.7 Å². The minimum absolute atomic E-state index is 0.159. The fourth-order valence-corrected chi connectivity index (χ4v) is 1.62. The molecule has 3 nitrogen and oxygen atoms in total. The van der Waals surface area contributed by atoms with E-state index in [-0.39, 0.29) is 11.7 Å². The summed E-state index contributed by atoms with van der Waals surface area (Å²) < 4.78 is 13.7. The van der Waals surface area contributed by atoms with Crippen LogP contribution in [-0.2, 0) is 0 Å². The van der Waals surface area contributed by atoms with Crippen LogP contribution in [0.1, 0.15) is 29.9 Å². The number of aryl methyl sites for hydroxylation is 1. The fraction of sp³-hybridized carbons (Fsp3) is 0.357. The third kappa shape index (κ3) is 2.53. The van der Waals surface area contributed by atoms with E-state index in [9.17, 15) is 9.18 Å². The highest BCUT2D eigenvalue weighted by atomic mass is 19.1. The number of hydrogen-bond acceptors (Lipinski definition) is 1. The van der Waals surface area contributed by atoms with Crippen molar-refractivity contribution in [2.24, 2.45) is 0 Å². The van der Waals surface area contributed by atoms with Gasteiger partial charge in [0, 0.05) is 19.5 Å². The molecule has 1 heterocycles. The van der Waals surface area contributed by atoms with E-state index in [1.807, 2.05) is 13.8 Å². The molecular weight excluding hydrogens is 231 g/mol. The summed E-state index contributed by atoms with van der Waals surface area (Å²) in [6, 6.07) is 5.17. The van der Waals surface area contributed by atoms with Crippen molar-refractivity contribution in [2.75, 3.05) is 14.1 Å². The minimum atomic E-state index is -0.296. The molecule has 2 rings (SSSR count). The lowest BCUT2D eigenvalue weighted by Gasteiger charge is -2.07. The van der Waals surface area contributed by atoms with Crippen molar-refractivity contribution in [2.45, 2.75) is 20.8 Å². The number of hydrogen-bond donors (Lipinski definition) is 1. The number of amides is 1. The molecule has 0 bridgehead atoms. The zero-order valence-electron chi connectivity index (χ0n) is 11.5. The second kappa shape index (κ2) is 5.67. The van der Waals surface area contributed by atoms with Crippen molar-refractivity contribution >= 4 is 16.8 Å². The summed E-state index contributed by atoms with van der Waals surface area (Å²) in [5, 5.41) is 0.716. The maximum absolute atomic E-state index is 13.7. The number of H-pyrrole nitrogens is 1. The summed E-state index contributed by atoms with van der Waals surface area (Å²) in [6.45, 7) is 5.70. The molecule has 0 aliphatic carbocycles. The van der Waals surface area contributed by atoms with Gasteiger partial charge in [0.2, 0.25) is 0 Å². The molecular formula is C14H19FN2O. The Morgan fingerprint density at radius 2 is 1.89 bits per heavy atom. The maximum atomic E-state index is 13.7. The van der Waals surface area contributed by atoms with Crippen LogP contribution in [0.5, 0.6) is 0 Å². The molecule has 1 aromatic heterocycles. The zero-order chi connectivity index (χ0) is 13.9. The molecule has 0 fully saturated rings. The Morgan fingerprint density at radius 3 is 2.44 bits per heavy atom. The standard InChI is InChI=1S/C12H13FN2O.C2H6/c1-7-4-5-8-6-9(12(16)15(2)3)14-11(8)10(7)13;1-2/h4-6,14H,1-3H3;1-2H3. The van der Waals surface area contributed by atoms with Crippen molar-refractivity contribution in [3.05, 3.63) is 35.3 Å². The third-order valence-electron chi connectivity index (χ3n) is 2.56. The van der Waals surface area contributed by atoms with Gasteiger partial charge in [0.15, 0.2) is 0 Å². The molecule has 0 unspecified atom stereocenters. The minimum Gasteiger partial charge on any atom is -0.348 e. The molecule has 2 aromatic rings. The average molecular weight is 250 g/mol. The van der Waals surface area contributed by atoms with Crippen LogP contribution in [0.2, 0.25) is 0 Å². The molecule has 98 valence electrons. The topological polar surface area (TPSA) is 36.1 Å². The Morgan fingerprint density at radius 1 is 1.28 bits per heavy atom. The van der Waals surface area contributed by atoms with Gasteiger partial charge in [-0.15, -0.1) is 0 Å². The Kier molecular flexibility index (Phi) is 4.48. The molecule has 0 aliphatic heterocycles. The highest BCUT2D eigenvalue weighted by Gasteiger charge is 2.13. The van der Waals surface area contributed by atoms with Gasteiger partial charge in [-0.3, -0.25) is 4.79 Å². The zero-order valence-corrected chi connectivity index (χ0v) is 11.5. The van der Waals surface area contributed by atoms with E-state index in [1.165, 1.54) is 4.90 Å². The Labute approximate surface area is 107 Å². The van der Waals surface area contributed by atoms with E-state index in [0.717, 1.165) is 0 Å². The van der Waals surface area contributed by atoms with Crippen LogP contribution in [-0.4, -0.2) is 29.9 Å². The smallest absolute Gasteiger partial charge is 0.269 e. The first-order chi connectivity index (χ1) is 8.50. The summed E-state index contributed by atoms with van der Waals surface area (Å²) in [7, 11) is 3.32. The first kappa shape index (κ1) is 14.2. The van der Waals surface area contributed by atoms with Crippen LogP contribution in [0.4, 0.5) is 4.39 Å². The van der Waals surface area contributed by atoms with E-state index in [4.69, 9.17) is 0 Å². The van der Waals surface area contributed by atoms with Gasteiger partial charge >= 0.3 is 0 Å². The first-order valence-corrected chi connectivity index (χ1v) is 6.00. The summed E-state index contributed by atoms with van der Waals surface area (Å²) in [5.74, 6) is -0.455. The van der Waals surface area contributed by atoms with Gasteiger partial charge in [0.1, 0.15) is 11.5 Å². The molecule has 0 atom stereocenters. The Balaban J connectivity index is 0.000000771. The summed E-state index contributed by atoms with van der Waals surface area (Å²) in [5.41, 5.74) is 1.37. The van der Waals surface area contributed by atoms with Gasteiger partial charge < -0.3 is 9.88 Å². The van der Waals surface area contributed by atoms with Crippen molar-refractivity contribution in [3.63, 3.8) is 0 Å². The predicted octanol–water partition coefficient (Wildman–Crippen LogP) is 3.34. The van der Waals surface area contributed by atoms with Crippen molar-refractivity contribution in [3.8, 4) is 0 Å². The number of nitrogens with one attached hydrogen (secondary N) is 1. The highest BCUT2D eigenvalue weighted by Crippen LogP contribution is 2.21. The quantitative estimate of drug-likeness (QED) is 0.827.